The summed E-state index contributed by atoms with van der Waals surface area (Å²) in [7, 11) is 3.00. The zero-order valence-electron chi connectivity index (χ0n) is 21.8. The maximum Gasteiger partial charge on any atom is 0.313 e. The number of aliphatic carboxylic acids is 1. The molecule has 2 bridgehead atoms. The van der Waals surface area contributed by atoms with Gasteiger partial charge in [-0.3, -0.25) is 4.79 Å². The quantitative estimate of drug-likeness (QED) is 0.209. The van der Waals surface area contributed by atoms with E-state index in [0.717, 1.165) is 36.5 Å². The molecule has 0 radical (unpaired) electrons. The first-order valence-electron chi connectivity index (χ1n) is 13.0. The zero-order valence-corrected chi connectivity index (χ0v) is 21.8. The van der Waals surface area contributed by atoms with E-state index in [1.807, 2.05) is 18.2 Å². The van der Waals surface area contributed by atoms with Crippen molar-refractivity contribution < 1.29 is 19.4 Å². The largest absolute Gasteiger partial charge is 0.481 e. The average Bonchev–Trinajstić information content (AvgIpc) is 3.21. The number of ether oxygens (including phenoxy) is 1. The van der Waals surface area contributed by atoms with Crippen LogP contribution in [0.4, 0.5) is 0 Å². The van der Waals surface area contributed by atoms with Gasteiger partial charge in [0.15, 0.2) is 0 Å². The molecule has 3 N–H and O–H groups in total. The van der Waals surface area contributed by atoms with Crippen LogP contribution in [0.1, 0.15) is 95.5 Å². The summed E-state index contributed by atoms with van der Waals surface area (Å²) in [5.74, 6) is 0.904. The van der Waals surface area contributed by atoms with Crippen LogP contribution in [0.15, 0.2) is 42.5 Å². The summed E-state index contributed by atoms with van der Waals surface area (Å²) in [6.07, 6.45) is 21.2. The highest BCUT2D eigenvalue weighted by atomic mass is 16.5. The first kappa shape index (κ1) is 32.0. The first-order valence-corrected chi connectivity index (χ1v) is 13.0. The molecule has 3 unspecified atom stereocenters. The van der Waals surface area contributed by atoms with Crippen molar-refractivity contribution in [2.45, 2.75) is 89.9 Å². The van der Waals surface area contributed by atoms with Gasteiger partial charge in [0.2, 0.25) is 0 Å². The monoisotopic (exact) mass is 475 g/mol. The van der Waals surface area contributed by atoms with E-state index in [2.05, 4.69) is 24.8 Å². The summed E-state index contributed by atoms with van der Waals surface area (Å²) in [5, 5.41) is 8.88. The molecule has 3 atom stereocenters. The molecular formula is C29H49NO4. The molecule has 0 aliphatic heterocycles. The molecule has 0 amide bonds. The van der Waals surface area contributed by atoms with Crippen molar-refractivity contribution in [1.29, 1.82) is 0 Å². The number of unbranched alkanes of at least 4 members (excludes halogenated alkanes) is 4. The fourth-order valence-corrected chi connectivity index (χ4v) is 4.44. The molecule has 2 aliphatic rings. The van der Waals surface area contributed by atoms with Crippen molar-refractivity contribution in [3.8, 4) is 0 Å². The van der Waals surface area contributed by atoms with E-state index in [1.54, 1.807) is 44.2 Å². The molecule has 3 rings (SSSR count). The minimum atomic E-state index is -0.854. The maximum absolute atomic E-state index is 10.8. The van der Waals surface area contributed by atoms with Crippen molar-refractivity contribution in [3.63, 3.8) is 0 Å². The molecule has 5 nitrogen and oxygen atoms in total. The lowest BCUT2D eigenvalue weighted by molar-refractivity contribution is -0.140. The molecule has 2 aliphatic carbocycles. The molecule has 0 spiro atoms. The summed E-state index contributed by atoms with van der Waals surface area (Å²) in [5.41, 5.74) is 5.27. The van der Waals surface area contributed by atoms with Crippen LogP contribution in [0.2, 0.25) is 0 Å². The third-order valence-corrected chi connectivity index (χ3v) is 6.29. The molecule has 34 heavy (non-hydrogen) atoms. The Bertz CT molecular complexity index is 618. The number of carbonyl (C=O) groups excluding carboxylic acids is 1. The molecule has 0 saturated heterocycles. The van der Waals surface area contributed by atoms with E-state index in [-0.39, 0.29) is 6.61 Å². The number of fused-ring (bicyclic) bond motifs is 2. The Morgan fingerprint density at radius 2 is 1.62 bits per heavy atom. The second kappa shape index (κ2) is 22.8. The topological polar surface area (TPSA) is 89.6 Å². The number of methoxy groups -OCH3 is 1. The third-order valence-electron chi connectivity index (χ3n) is 6.29. The Labute approximate surface area is 208 Å². The van der Waals surface area contributed by atoms with Crippen LogP contribution in [0.25, 0.3) is 0 Å². The summed E-state index contributed by atoms with van der Waals surface area (Å²) in [4.78, 5) is 20.7. The number of carboxylic acid groups (broad SMARTS) is 1. The normalized spacial score (nSPS) is 18.9. The van der Waals surface area contributed by atoms with Gasteiger partial charge in [-0.25, -0.2) is 0 Å². The van der Waals surface area contributed by atoms with Gasteiger partial charge >= 0.3 is 5.97 Å². The molecular weight excluding hydrogens is 426 g/mol. The second-order valence-corrected chi connectivity index (χ2v) is 8.94. The Morgan fingerprint density at radius 3 is 2.09 bits per heavy atom. The molecule has 2 fully saturated rings. The van der Waals surface area contributed by atoms with E-state index >= 15 is 0 Å². The number of rotatable bonds is 11. The predicted molar refractivity (Wildman–Crippen MR) is 142 cm³/mol. The van der Waals surface area contributed by atoms with Crippen molar-refractivity contribution >= 4 is 12.3 Å². The standard InChI is InChI=1S/C10H12O3.C10H18O.C8H14.CH5N/c1-13-7-9(10(11)12)8-5-3-2-4-6-8;1-2-3-4-5-6-7-8-9-10-11;1-2-7-4-5-8(3-1)6-7;1-2/h2-6,9H,7H2,1H3,(H,11,12);5-6,10H,2-4,7-9H2,1H3;7-8H,1-6H2;2H2,1H3/b;6-5-;;. The van der Waals surface area contributed by atoms with Gasteiger partial charge in [0, 0.05) is 13.5 Å². The van der Waals surface area contributed by atoms with Gasteiger partial charge in [0.05, 0.1) is 6.61 Å². The van der Waals surface area contributed by atoms with E-state index in [9.17, 15) is 9.59 Å². The van der Waals surface area contributed by atoms with Gasteiger partial charge in [-0.1, -0.05) is 94.4 Å². The number of carboxylic acids is 1. The number of hydrogen-bond donors (Lipinski definition) is 2. The average molecular weight is 476 g/mol. The van der Waals surface area contributed by atoms with E-state index in [0.29, 0.717) is 6.42 Å². The van der Waals surface area contributed by atoms with E-state index < -0.39 is 11.9 Å². The van der Waals surface area contributed by atoms with Crippen LogP contribution < -0.4 is 5.73 Å². The summed E-state index contributed by atoms with van der Waals surface area (Å²) >= 11 is 0. The molecule has 5 heteroatoms. The van der Waals surface area contributed by atoms with Gasteiger partial charge < -0.3 is 20.4 Å². The van der Waals surface area contributed by atoms with Gasteiger partial charge in [0.1, 0.15) is 12.2 Å². The molecule has 1 aromatic rings. The fraction of sp³-hybridized carbons (Fsp3) is 0.655. The van der Waals surface area contributed by atoms with Gasteiger partial charge in [-0.2, -0.15) is 0 Å². The van der Waals surface area contributed by atoms with Crippen LogP contribution in [0, 0.1) is 11.8 Å². The van der Waals surface area contributed by atoms with Gasteiger partial charge in [-0.15, -0.1) is 0 Å². The SMILES string of the molecule is C1CC2CCC(C1)C2.CCCC/C=C\CCCC=O.CN.COCC(C(=O)O)c1ccccc1. The zero-order chi connectivity index (χ0) is 25.4. The lowest BCUT2D eigenvalue weighted by Crippen LogP contribution is -2.16. The van der Waals surface area contributed by atoms with Crippen molar-refractivity contribution in [2.75, 3.05) is 20.8 Å². The molecule has 0 heterocycles. The maximum atomic E-state index is 10.8. The number of hydrogen-bond acceptors (Lipinski definition) is 4. The molecule has 0 aromatic heterocycles. The third kappa shape index (κ3) is 15.8. The number of carbonyl (C=O) groups is 2. The lowest BCUT2D eigenvalue weighted by Gasteiger charge is -2.16. The fourth-order valence-electron chi connectivity index (χ4n) is 4.44. The molecule has 2 saturated carbocycles. The molecule has 1 aromatic carbocycles. The number of aldehydes is 1. The number of allylic oxidation sites excluding steroid dienone is 2. The van der Waals surface area contributed by atoms with Gasteiger partial charge in [0.25, 0.3) is 0 Å². The highest BCUT2D eigenvalue weighted by molar-refractivity contribution is 5.76. The van der Waals surface area contributed by atoms with Crippen LogP contribution >= 0.6 is 0 Å². The number of nitrogens with two attached hydrogens (primary N) is 1. The minimum absolute atomic E-state index is 0.208. The van der Waals surface area contributed by atoms with Gasteiger partial charge in [-0.05, 0) is 50.1 Å². The Hall–Kier alpha value is -1.98. The summed E-state index contributed by atoms with van der Waals surface area (Å²) < 4.78 is 4.84. The van der Waals surface area contributed by atoms with E-state index in [4.69, 9.17) is 9.84 Å². The summed E-state index contributed by atoms with van der Waals surface area (Å²) in [6, 6.07) is 9.08. The minimum Gasteiger partial charge on any atom is -0.481 e. The van der Waals surface area contributed by atoms with Crippen LogP contribution in [-0.2, 0) is 14.3 Å². The van der Waals surface area contributed by atoms with Crippen molar-refractivity contribution in [2.24, 2.45) is 17.6 Å². The van der Waals surface area contributed by atoms with Crippen molar-refractivity contribution in [3.05, 3.63) is 48.0 Å². The predicted octanol–water partition coefficient (Wildman–Crippen LogP) is 6.76. The van der Waals surface area contributed by atoms with Crippen LogP contribution in [0.3, 0.4) is 0 Å². The molecule has 194 valence electrons. The smallest absolute Gasteiger partial charge is 0.313 e. The lowest BCUT2D eigenvalue weighted by atomic mass is 9.89. The summed E-state index contributed by atoms with van der Waals surface area (Å²) in [6.45, 7) is 2.40. The highest BCUT2D eigenvalue weighted by Crippen LogP contribution is 2.41. The highest BCUT2D eigenvalue weighted by Gasteiger charge is 2.27. The second-order valence-electron chi connectivity index (χ2n) is 8.94. The van der Waals surface area contributed by atoms with Crippen molar-refractivity contribution in [1.82, 2.24) is 0 Å². The first-order chi connectivity index (χ1) is 16.6. The van der Waals surface area contributed by atoms with Crippen LogP contribution in [-0.4, -0.2) is 38.1 Å². The van der Waals surface area contributed by atoms with Crippen LogP contribution in [0.5, 0.6) is 0 Å². The van der Waals surface area contributed by atoms with E-state index in [1.165, 1.54) is 39.8 Å². The number of benzene rings is 1. The Morgan fingerprint density at radius 1 is 1.03 bits per heavy atom. The Kier molecular flexibility index (Phi) is 21.5. The Balaban J connectivity index is 0.000000472.